The molecule has 3 heterocycles. The van der Waals surface area contributed by atoms with Crippen molar-refractivity contribution in [2.45, 2.75) is 40.0 Å². The topological polar surface area (TPSA) is 33.5 Å². The lowest BCUT2D eigenvalue weighted by Gasteiger charge is -2.23. The maximum Gasteiger partial charge on any atom is 0.137 e. The van der Waals surface area contributed by atoms with Crippen LogP contribution in [0.2, 0.25) is 0 Å². The van der Waals surface area contributed by atoms with Gasteiger partial charge >= 0.3 is 0 Å². The van der Waals surface area contributed by atoms with Crippen LogP contribution in [0.25, 0.3) is 27.6 Å². The quantitative estimate of drug-likeness (QED) is 0.209. The number of para-hydroxylation sites is 1. The van der Waals surface area contributed by atoms with E-state index in [1.54, 1.807) is 0 Å². The normalized spacial score (nSPS) is 13.4. The Morgan fingerprint density at radius 3 is 2.33 bits per heavy atom. The second-order valence-corrected chi connectivity index (χ2v) is 12.4. The summed E-state index contributed by atoms with van der Waals surface area (Å²) in [6, 6.07) is 33.9. The van der Waals surface area contributed by atoms with E-state index in [9.17, 15) is 0 Å². The minimum Gasteiger partial charge on any atom is -0.457 e. The van der Waals surface area contributed by atoms with Crippen molar-refractivity contribution in [2.75, 3.05) is 16.5 Å². The Morgan fingerprint density at radius 2 is 1.47 bits per heavy atom. The van der Waals surface area contributed by atoms with Crippen molar-refractivity contribution in [3.05, 3.63) is 132 Å². The minimum absolute atomic E-state index is 0.0240. The molecular formula is C38H36N4O. The van der Waals surface area contributed by atoms with Crippen LogP contribution in [0.1, 0.15) is 37.5 Å². The van der Waals surface area contributed by atoms with Gasteiger partial charge in [0.2, 0.25) is 0 Å². The standard InChI is InChI=1S/C38H36N4O/c1-26-10-8-15-34(27(26)2)41-21-20-40(25-41)29-11-9-12-30(23-29)43-31-16-17-33-32-13-6-7-14-35(32)42(36(33)24-31)37-22-28(18-19-39-37)38(3,4)5/h6-24H,25H2,1-5H3. The van der Waals surface area contributed by atoms with E-state index in [0.717, 1.165) is 40.7 Å². The highest BCUT2D eigenvalue weighted by molar-refractivity contribution is 6.09. The smallest absolute Gasteiger partial charge is 0.137 e. The monoisotopic (exact) mass is 564 g/mol. The maximum atomic E-state index is 6.50. The first kappa shape index (κ1) is 26.8. The molecule has 2 aromatic heterocycles. The third-order valence-electron chi connectivity index (χ3n) is 8.49. The fourth-order valence-electron chi connectivity index (χ4n) is 5.92. The van der Waals surface area contributed by atoms with Gasteiger partial charge in [0.15, 0.2) is 0 Å². The summed E-state index contributed by atoms with van der Waals surface area (Å²) < 4.78 is 8.75. The summed E-state index contributed by atoms with van der Waals surface area (Å²) in [4.78, 5) is 9.33. The van der Waals surface area contributed by atoms with Gasteiger partial charge in [0, 0.05) is 52.9 Å². The van der Waals surface area contributed by atoms with Crippen molar-refractivity contribution in [1.29, 1.82) is 0 Å². The highest BCUT2D eigenvalue weighted by atomic mass is 16.5. The molecular weight excluding hydrogens is 528 g/mol. The number of rotatable bonds is 5. The van der Waals surface area contributed by atoms with Crippen molar-refractivity contribution >= 4 is 33.2 Å². The summed E-state index contributed by atoms with van der Waals surface area (Å²) >= 11 is 0. The van der Waals surface area contributed by atoms with Crippen molar-refractivity contribution in [1.82, 2.24) is 9.55 Å². The first-order valence-electron chi connectivity index (χ1n) is 14.8. The van der Waals surface area contributed by atoms with Gasteiger partial charge in [0.1, 0.15) is 17.3 Å². The van der Waals surface area contributed by atoms with Crippen LogP contribution in [-0.2, 0) is 5.41 Å². The number of aryl methyl sites for hydroxylation is 1. The highest BCUT2D eigenvalue weighted by Gasteiger charge is 2.20. The first-order valence-corrected chi connectivity index (χ1v) is 14.8. The number of aromatic nitrogens is 2. The molecule has 0 atom stereocenters. The van der Waals surface area contributed by atoms with Gasteiger partial charge in [-0.1, -0.05) is 57.2 Å². The van der Waals surface area contributed by atoms with Gasteiger partial charge in [-0.2, -0.15) is 0 Å². The van der Waals surface area contributed by atoms with Gasteiger partial charge in [0.05, 0.1) is 17.7 Å². The average molecular weight is 565 g/mol. The molecule has 7 rings (SSSR count). The number of benzene rings is 4. The third kappa shape index (κ3) is 4.91. The number of pyridine rings is 1. The molecule has 43 heavy (non-hydrogen) atoms. The van der Waals surface area contributed by atoms with Crippen molar-refractivity contribution in [3.63, 3.8) is 0 Å². The van der Waals surface area contributed by atoms with E-state index >= 15 is 0 Å². The molecule has 0 saturated carbocycles. The van der Waals surface area contributed by atoms with E-state index < -0.39 is 0 Å². The van der Waals surface area contributed by atoms with E-state index in [-0.39, 0.29) is 5.41 Å². The Labute approximate surface area is 253 Å². The Kier molecular flexibility index (Phi) is 6.46. The lowest BCUT2D eigenvalue weighted by Crippen LogP contribution is -2.25. The number of ether oxygens (including phenoxy) is 1. The van der Waals surface area contributed by atoms with E-state index in [0.29, 0.717) is 0 Å². The second kappa shape index (κ2) is 10.4. The molecule has 214 valence electrons. The van der Waals surface area contributed by atoms with Crippen LogP contribution >= 0.6 is 0 Å². The molecule has 0 fully saturated rings. The van der Waals surface area contributed by atoms with Crippen molar-refractivity contribution in [2.24, 2.45) is 0 Å². The molecule has 0 amide bonds. The summed E-state index contributed by atoms with van der Waals surface area (Å²) in [5, 5.41) is 2.37. The molecule has 0 unspecified atom stereocenters. The lowest BCUT2D eigenvalue weighted by molar-refractivity contribution is 0.483. The molecule has 4 aromatic carbocycles. The number of hydrogen-bond donors (Lipinski definition) is 0. The van der Waals surface area contributed by atoms with Crippen LogP contribution in [0, 0.1) is 13.8 Å². The van der Waals surface area contributed by atoms with Gasteiger partial charge < -0.3 is 14.5 Å². The largest absolute Gasteiger partial charge is 0.457 e. The van der Waals surface area contributed by atoms with Gasteiger partial charge in [-0.05, 0) is 84.5 Å². The predicted molar refractivity (Wildman–Crippen MR) is 179 cm³/mol. The highest BCUT2D eigenvalue weighted by Crippen LogP contribution is 2.36. The zero-order valence-corrected chi connectivity index (χ0v) is 25.4. The van der Waals surface area contributed by atoms with Crippen LogP contribution in [0.4, 0.5) is 11.4 Å². The molecule has 0 bridgehead atoms. The summed E-state index contributed by atoms with van der Waals surface area (Å²) in [5.41, 5.74) is 8.39. The summed E-state index contributed by atoms with van der Waals surface area (Å²) in [7, 11) is 0. The Morgan fingerprint density at radius 1 is 0.698 bits per heavy atom. The molecule has 0 saturated heterocycles. The van der Waals surface area contributed by atoms with E-state index in [4.69, 9.17) is 9.72 Å². The molecule has 1 aliphatic heterocycles. The fourth-order valence-corrected chi connectivity index (χ4v) is 5.92. The average Bonchev–Trinajstić information content (AvgIpc) is 3.62. The molecule has 0 aliphatic carbocycles. The molecule has 0 N–H and O–H groups in total. The fraction of sp³-hybridized carbons (Fsp3) is 0.184. The Hall–Kier alpha value is -5.03. The summed E-state index contributed by atoms with van der Waals surface area (Å²) in [6.07, 6.45) is 6.19. The van der Waals surface area contributed by atoms with Gasteiger partial charge in [0.25, 0.3) is 0 Å². The second-order valence-electron chi connectivity index (χ2n) is 12.4. The first-order chi connectivity index (χ1) is 20.8. The van der Waals surface area contributed by atoms with E-state index in [2.05, 4.69) is 152 Å². The summed E-state index contributed by atoms with van der Waals surface area (Å²) in [6.45, 7) is 11.8. The third-order valence-corrected chi connectivity index (χ3v) is 8.49. The van der Waals surface area contributed by atoms with Crippen LogP contribution in [0.5, 0.6) is 11.5 Å². The minimum atomic E-state index is 0.0240. The van der Waals surface area contributed by atoms with Crippen LogP contribution < -0.4 is 14.5 Å². The SMILES string of the molecule is Cc1cccc(N2C=CN(c3cccc(Oc4ccc5c6ccccc6n(-c6cc(C(C)(C)C)ccn6)c5c4)c3)C2)c1C. The van der Waals surface area contributed by atoms with Crippen LogP contribution in [0.3, 0.4) is 0 Å². The maximum absolute atomic E-state index is 6.50. The molecule has 5 heteroatoms. The predicted octanol–water partition coefficient (Wildman–Crippen LogP) is 9.64. The Bertz CT molecular complexity index is 2010. The Balaban J connectivity index is 1.21. The van der Waals surface area contributed by atoms with Crippen LogP contribution in [0.15, 0.2) is 116 Å². The molecule has 5 nitrogen and oxygen atoms in total. The molecule has 6 aromatic rings. The lowest BCUT2D eigenvalue weighted by atomic mass is 9.88. The zero-order chi connectivity index (χ0) is 29.7. The van der Waals surface area contributed by atoms with Gasteiger partial charge in [-0.15, -0.1) is 0 Å². The zero-order valence-electron chi connectivity index (χ0n) is 25.4. The molecule has 1 aliphatic rings. The molecule has 0 radical (unpaired) electrons. The number of hydrogen-bond acceptors (Lipinski definition) is 4. The molecule has 0 spiro atoms. The number of nitrogens with zero attached hydrogens (tertiary/aromatic N) is 4. The van der Waals surface area contributed by atoms with E-state index in [1.807, 2.05) is 12.3 Å². The van der Waals surface area contributed by atoms with Crippen molar-refractivity contribution in [3.8, 4) is 17.3 Å². The summed E-state index contributed by atoms with van der Waals surface area (Å²) in [5.74, 6) is 2.49. The van der Waals surface area contributed by atoms with Gasteiger partial charge in [-0.3, -0.25) is 4.57 Å². The number of fused-ring (bicyclic) bond motifs is 3. The van der Waals surface area contributed by atoms with Crippen molar-refractivity contribution < 1.29 is 4.74 Å². The van der Waals surface area contributed by atoms with E-state index in [1.165, 1.54) is 33.2 Å². The van der Waals surface area contributed by atoms with Gasteiger partial charge in [-0.25, -0.2) is 4.98 Å². The number of anilines is 2. The van der Waals surface area contributed by atoms with Crippen LogP contribution in [-0.4, -0.2) is 16.2 Å².